The maximum atomic E-state index is 8.11. The third-order valence-corrected chi connectivity index (χ3v) is 2.47. The standard InChI is InChI=1S/C9H18N4O/c1-2-9-8-13(6-7-14-9)5-3-4-11-12-10/h9H,2-8H2,1H3. The summed E-state index contributed by atoms with van der Waals surface area (Å²) in [7, 11) is 0. The Morgan fingerprint density at radius 2 is 2.50 bits per heavy atom. The number of rotatable bonds is 5. The Morgan fingerprint density at radius 1 is 1.64 bits per heavy atom. The van der Waals surface area contributed by atoms with Gasteiger partial charge in [0.1, 0.15) is 0 Å². The topological polar surface area (TPSA) is 61.2 Å². The largest absolute Gasteiger partial charge is 0.376 e. The SMILES string of the molecule is CCC1CN(CCCN=[N+]=[N-])CCO1. The molecule has 0 aromatic carbocycles. The molecular weight excluding hydrogens is 180 g/mol. The quantitative estimate of drug-likeness (QED) is 0.292. The van der Waals surface area contributed by atoms with Crippen molar-refractivity contribution in [3.8, 4) is 0 Å². The van der Waals surface area contributed by atoms with Crippen molar-refractivity contribution in [3.63, 3.8) is 0 Å². The third-order valence-electron chi connectivity index (χ3n) is 2.47. The van der Waals surface area contributed by atoms with Gasteiger partial charge < -0.3 is 4.74 Å². The van der Waals surface area contributed by atoms with Gasteiger partial charge in [-0.2, -0.15) is 0 Å². The predicted molar refractivity (Wildman–Crippen MR) is 55.1 cm³/mol. The molecule has 14 heavy (non-hydrogen) atoms. The average molecular weight is 198 g/mol. The van der Waals surface area contributed by atoms with Gasteiger partial charge in [-0.1, -0.05) is 12.0 Å². The van der Waals surface area contributed by atoms with Gasteiger partial charge in [-0.25, -0.2) is 0 Å². The van der Waals surface area contributed by atoms with E-state index in [1.54, 1.807) is 0 Å². The predicted octanol–water partition coefficient (Wildman–Crippen LogP) is 1.80. The van der Waals surface area contributed by atoms with Crippen LogP contribution >= 0.6 is 0 Å². The van der Waals surface area contributed by atoms with Crippen molar-refractivity contribution in [3.05, 3.63) is 10.4 Å². The summed E-state index contributed by atoms with van der Waals surface area (Å²) in [6.07, 6.45) is 2.41. The Balaban J connectivity index is 2.14. The molecule has 0 aromatic heterocycles. The van der Waals surface area contributed by atoms with E-state index in [-0.39, 0.29) is 0 Å². The van der Waals surface area contributed by atoms with E-state index in [1.165, 1.54) is 0 Å². The van der Waals surface area contributed by atoms with Gasteiger partial charge in [-0.05, 0) is 24.9 Å². The van der Waals surface area contributed by atoms with Crippen LogP contribution in [-0.4, -0.2) is 43.8 Å². The van der Waals surface area contributed by atoms with Crippen LogP contribution in [0.2, 0.25) is 0 Å². The molecule has 80 valence electrons. The molecule has 0 aromatic rings. The number of morpholine rings is 1. The lowest BCUT2D eigenvalue weighted by Crippen LogP contribution is -2.42. The Kier molecular flexibility index (Phi) is 5.37. The molecule has 1 fully saturated rings. The molecule has 0 amide bonds. The van der Waals surface area contributed by atoms with Crippen LogP contribution in [0.15, 0.2) is 5.11 Å². The van der Waals surface area contributed by atoms with Gasteiger partial charge >= 0.3 is 0 Å². The van der Waals surface area contributed by atoms with Crippen molar-refractivity contribution < 1.29 is 4.74 Å². The van der Waals surface area contributed by atoms with E-state index < -0.39 is 0 Å². The first-order chi connectivity index (χ1) is 6.86. The lowest BCUT2D eigenvalue weighted by Gasteiger charge is -2.32. The van der Waals surface area contributed by atoms with Crippen molar-refractivity contribution in [2.75, 3.05) is 32.8 Å². The van der Waals surface area contributed by atoms with E-state index >= 15 is 0 Å². The Labute approximate surface area is 84.7 Å². The molecule has 1 heterocycles. The van der Waals surface area contributed by atoms with E-state index in [9.17, 15) is 0 Å². The van der Waals surface area contributed by atoms with Crippen molar-refractivity contribution in [1.29, 1.82) is 0 Å². The maximum Gasteiger partial charge on any atom is 0.0700 e. The van der Waals surface area contributed by atoms with E-state index in [4.69, 9.17) is 10.3 Å². The molecule has 5 heteroatoms. The first-order valence-corrected chi connectivity index (χ1v) is 5.21. The summed E-state index contributed by atoms with van der Waals surface area (Å²) in [4.78, 5) is 5.11. The summed E-state index contributed by atoms with van der Waals surface area (Å²) < 4.78 is 5.56. The highest BCUT2D eigenvalue weighted by atomic mass is 16.5. The zero-order valence-electron chi connectivity index (χ0n) is 8.72. The maximum absolute atomic E-state index is 8.11. The molecule has 1 saturated heterocycles. The fourth-order valence-corrected chi connectivity index (χ4v) is 1.64. The fourth-order valence-electron chi connectivity index (χ4n) is 1.64. The lowest BCUT2D eigenvalue weighted by molar-refractivity contribution is -0.0296. The molecule has 1 rings (SSSR count). The molecule has 0 N–H and O–H groups in total. The highest BCUT2D eigenvalue weighted by Crippen LogP contribution is 2.08. The van der Waals surface area contributed by atoms with Crippen molar-refractivity contribution in [1.82, 2.24) is 4.90 Å². The average Bonchev–Trinajstić information content (AvgIpc) is 2.25. The fraction of sp³-hybridized carbons (Fsp3) is 1.00. The van der Waals surface area contributed by atoms with Crippen LogP contribution in [0.1, 0.15) is 19.8 Å². The Morgan fingerprint density at radius 3 is 3.21 bits per heavy atom. The highest BCUT2D eigenvalue weighted by Gasteiger charge is 2.17. The minimum atomic E-state index is 0.392. The minimum Gasteiger partial charge on any atom is -0.376 e. The molecule has 1 atom stereocenters. The van der Waals surface area contributed by atoms with E-state index in [0.29, 0.717) is 12.6 Å². The molecule has 1 aliphatic heterocycles. The van der Waals surface area contributed by atoms with Crippen LogP contribution in [0, 0.1) is 0 Å². The summed E-state index contributed by atoms with van der Waals surface area (Å²) in [5.74, 6) is 0. The Bertz CT molecular complexity index is 203. The van der Waals surface area contributed by atoms with Crippen LogP contribution in [0.25, 0.3) is 10.4 Å². The monoisotopic (exact) mass is 198 g/mol. The van der Waals surface area contributed by atoms with Gasteiger partial charge in [0.2, 0.25) is 0 Å². The first kappa shape index (κ1) is 11.3. The highest BCUT2D eigenvalue weighted by molar-refractivity contribution is 4.70. The van der Waals surface area contributed by atoms with Crippen molar-refractivity contribution >= 4 is 0 Å². The van der Waals surface area contributed by atoms with Crippen LogP contribution in [0.4, 0.5) is 0 Å². The third kappa shape index (κ3) is 3.96. The summed E-state index contributed by atoms with van der Waals surface area (Å²) in [6.45, 7) is 6.62. The Hall–Kier alpha value is -0.770. The molecule has 0 aliphatic carbocycles. The summed E-state index contributed by atoms with van der Waals surface area (Å²) >= 11 is 0. The number of hydrogen-bond donors (Lipinski definition) is 0. The van der Waals surface area contributed by atoms with Crippen LogP contribution in [0.3, 0.4) is 0 Å². The molecular formula is C9H18N4O. The smallest absolute Gasteiger partial charge is 0.0700 e. The summed E-state index contributed by atoms with van der Waals surface area (Å²) in [5.41, 5.74) is 8.11. The van der Waals surface area contributed by atoms with Gasteiger partial charge in [0.25, 0.3) is 0 Å². The van der Waals surface area contributed by atoms with Crippen LogP contribution in [0.5, 0.6) is 0 Å². The summed E-state index contributed by atoms with van der Waals surface area (Å²) in [5, 5.41) is 3.52. The molecule has 1 aliphatic rings. The van der Waals surface area contributed by atoms with Crippen LogP contribution in [-0.2, 0) is 4.74 Å². The van der Waals surface area contributed by atoms with Gasteiger partial charge in [-0.3, -0.25) is 4.90 Å². The van der Waals surface area contributed by atoms with Gasteiger partial charge in [0.15, 0.2) is 0 Å². The second-order valence-corrected chi connectivity index (χ2v) is 3.51. The number of hydrogen-bond acceptors (Lipinski definition) is 3. The second-order valence-electron chi connectivity index (χ2n) is 3.51. The lowest BCUT2D eigenvalue weighted by atomic mass is 10.2. The van der Waals surface area contributed by atoms with Gasteiger partial charge in [0.05, 0.1) is 12.7 Å². The molecule has 1 unspecified atom stereocenters. The normalized spacial score (nSPS) is 23.1. The van der Waals surface area contributed by atoms with Crippen molar-refractivity contribution in [2.24, 2.45) is 5.11 Å². The molecule has 0 bridgehead atoms. The van der Waals surface area contributed by atoms with E-state index in [2.05, 4.69) is 21.8 Å². The molecule has 0 saturated carbocycles. The van der Waals surface area contributed by atoms with E-state index in [1.807, 2.05) is 0 Å². The van der Waals surface area contributed by atoms with Crippen molar-refractivity contribution in [2.45, 2.75) is 25.9 Å². The number of nitrogens with zero attached hydrogens (tertiary/aromatic N) is 4. The van der Waals surface area contributed by atoms with Crippen LogP contribution < -0.4 is 0 Å². The molecule has 0 spiro atoms. The minimum absolute atomic E-state index is 0.392. The molecule has 0 radical (unpaired) electrons. The summed E-state index contributed by atoms with van der Waals surface area (Å²) in [6, 6.07) is 0. The molecule has 5 nitrogen and oxygen atoms in total. The number of ether oxygens (including phenoxy) is 1. The first-order valence-electron chi connectivity index (χ1n) is 5.21. The van der Waals surface area contributed by atoms with E-state index in [0.717, 1.165) is 39.1 Å². The van der Waals surface area contributed by atoms with Gasteiger partial charge in [-0.15, -0.1) is 0 Å². The second kappa shape index (κ2) is 6.65. The van der Waals surface area contributed by atoms with Gasteiger partial charge in [0, 0.05) is 24.5 Å². The zero-order valence-corrected chi connectivity index (χ0v) is 8.72. The number of azide groups is 1. The zero-order chi connectivity index (χ0) is 10.2.